The number of nitrogens with zero attached hydrogens (tertiary/aromatic N) is 1. The molecule has 0 aliphatic rings. The molecule has 0 saturated heterocycles. The van der Waals surface area contributed by atoms with E-state index in [9.17, 15) is 8.78 Å². The lowest BCUT2D eigenvalue weighted by Gasteiger charge is -2.04. The summed E-state index contributed by atoms with van der Waals surface area (Å²) in [7, 11) is 0. The van der Waals surface area contributed by atoms with Gasteiger partial charge in [0.05, 0.1) is 5.69 Å². The molecule has 0 radical (unpaired) electrons. The van der Waals surface area contributed by atoms with Crippen LogP contribution in [-0.2, 0) is 13.1 Å². The van der Waals surface area contributed by atoms with Crippen molar-refractivity contribution >= 4 is 0 Å². The topological polar surface area (TPSA) is 38.1 Å². The number of rotatable bonds is 5. The van der Waals surface area contributed by atoms with Crippen molar-refractivity contribution in [3.8, 4) is 0 Å². The molecule has 0 amide bonds. The van der Waals surface area contributed by atoms with E-state index in [1.165, 1.54) is 18.4 Å². The number of benzene rings is 1. The van der Waals surface area contributed by atoms with Crippen LogP contribution < -0.4 is 5.32 Å². The molecule has 0 aliphatic heterocycles. The van der Waals surface area contributed by atoms with Crippen LogP contribution >= 0.6 is 0 Å². The average Bonchev–Trinajstić information content (AvgIpc) is 2.83. The van der Waals surface area contributed by atoms with Crippen molar-refractivity contribution in [2.24, 2.45) is 0 Å². The minimum Gasteiger partial charge on any atom is -0.364 e. The van der Waals surface area contributed by atoms with E-state index in [2.05, 4.69) is 15.0 Å². The molecule has 0 unspecified atom stereocenters. The molecule has 0 atom stereocenters. The first-order chi connectivity index (χ1) is 8.25. The van der Waals surface area contributed by atoms with E-state index in [1.807, 2.05) is 0 Å². The maximum atomic E-state index is 12.3. The Morgan fingerprint density at radius 2 is 1.88 bits per heavy atom. The first-order valence-corrected chi connectivity index (χ1v) is 5.22. The minimum atomic E-state index is -2.41. The van der Waals surface area contributed by atoms with E-state index in [4.69, 9.17) is 0 Å². The first kappa shape index (κ1) is 11.7. The Bertz CT molecular complexity index is 440. The summed E-state index contributed by atoms with van der Waals surface area (Å²) in [6.45, 7) is 1.20. The monoisotopic (exact) mass is 238 g/mol. The van der Waals surface area contributed by atoms with Crippen LogP contribution in [0.25, 0.3) is 0 Å². The molecule has 1 N–H and O–H groups in total. The smallest absolute Gasteiger partial charge is 0.263 e. The predicted octanol–water partition coefficient (Wildman–Crippen LogP) is 2.90. The third-order valence-electron chi connectivity index (χ3n) is 2.36. The molecule has 1 heterocycles. The predicted molar refractivity (Wildman–Crippen MR) is 58.4 cm³/mol. The van der Waals surface area contributed by atoms with Crippen molar-refractivity contribution in [1.82, 2.24) is 10.5 Å². The molecule has 1 aromatic heterocycles. The van der Waals surface area contributed by atoms with Gasteiger partial charge in [0.15, 0.2) is 0 Å². The summed E-state index contributed by atoms with van der Waals surface area (Å²) >= 11 is 0. The Balaban J connectivity index is 1.83. The summed E-state index contributed by atoms with van der Waals surface area (Å²) in [4.78, 5) is 0. The molecule has 1 aromatic carbocycles. The normalized spacial score (nSPS) is 11.0. The summed E-state index contributed by atoms with van der Waals surface area (Å²) in [6, 6.07) is 8.04. The largest absolute Gasteiger partial charge is 0.364 e. The Labute approximate surface area is 97.4 Å². The molecule has 0 fully saturated rings. The van der Waals surface area contributed by atoms with Crippen molar-refractivity contribution in [3.05, 3.63) is 53.4 Å². The third kappa shape index (κ3) is 3.35. The molecular formula is C12H12F2N2O. The molecule has 5 heteroatoms. The highest BCUT2D eigenvalue weighted by Gasteiger charge is 2.05. The molecule has 0 saturated carbocycles. The zero-order valence-electron chi connectivity index (χ0n) is 9.07. The molecular weight excluding hydrogens is 226 g/mol. The lowest BCUT2D eigenvalue weighted by molar-refractivity contribution is 0.151. The molecule has 2 aromatic rings. The van der Waals surface area contributed by atoms with Gasteiger partial charge in [-0.05, 0) is 5.56 Å². The van der Waals surface area contributed by atoms with Gasteiger partial charge < -0.3 is 9.84 Å². The van der Waals surface area contributed by atoms with E-state index in [-0.39, 0.29) is 5.56 Å². The lowest BCUT2D eigenvalue weighted by atomic mass is 10.1. The van der Waals surface area contributed by atoms with Gasteiger partial charge in [0.2, 0.25) is 0 Å². The Morgan fingerprint density at radius 3 is 2.47 bits per heavy atom. The molecule has 90 valence electrons. The third-order valence-corrected chi connectivity index (χ3v) is 2.36. The van der Waals surface area contributed by atoms with Crippen LogP contribution in [0.5, 0.6) is 0 Å². The first-order valence-electron chi connectivity index (χ1n) is 5.22. The highest BCUT2D eigenvalue weighted by molar-refractivity contribution is 5.23. The summed E-state index contributed by atoms with van der Waals surface area (Å²) in [5.41, 5.74) is 1.82. The Kier molecular flexibility index (Phi) is 3.82. The molecule has 0 bridgehead atoms. The number of alkyl halides is 2. The SMILES string of the molecule is FC(F)c1ccc(CNCc2ccon2)cc1. The van der Waals surface area contributed by atoms with Gasteiger partial charge in [-0.3, -0.25) is 0 Å². The van der Waals surface area contributed by atoms with E-state index in [1.54, 1.807) is 18.2 Å². The van der Waals surface area contributed by atoms with Crippen LogP contribution in [0.2, 0.25) is 0 Å². The van der Waals surface area contributed by atoms with Crippen molar-refractivity contribution in [3.63, 3.8) is 0 Å². The second-order valence-electron chi connectivity index (χ2n) is 3.64. The number of hydrogen-bond donors (Lipinski definition) is 1. The van der Waals surface area contributed by atoms with Gasteiger partial charge in [-0.25, -0.2) is 8.78 Å². The quantitative estimate of drug-likeness (QED) is 0.870. The van der Waals surface area contributed by atoms with Crippen molar-refractivity contribution in [1.29, 1.82) is 0 Å². The maximum absolute atomic E-state index is 12.3. The van der Waals surface area contributed by atoms with Gasteiger partial charge in [-0.15, -0.1) is 0 Å². The van der Waals surface area contributed by atoms with Gasteiger partial charge in [-0.1, -0.05) is 29.4 Å². The average molecular weight is 238 g/mol. The summed E-state index contributed by atoms with van der Waals surface area (Å²) < 4.78 is 29.3. The number of hydrogen-bond acceptors (Lipinski definition) is 3. The van der Waals surface area contributed by atoms with Gasteiger partial charge in [0, 0.05) is 24.7 Å². The molecule has 2 rings (SSSR count). The van der Waals surface area contributed by atoms with Crippen LogP contribution in [-0.4, -0.2) is 5.16 Å². The second-order valence-corrected chi connectivity index (χ2v) is 3.64. The standard InChI is InChI=1S/C12H12F2N2O/c13-12(14)10-3-1-9(2-4-10)7-15-8-11-5-6-17-16-11/h1-6,12,15H,7-8H2. The molecule has 0 aliphatic carbocycles. The minimum absolute atomic E-state index is 0.0465. The highest BCUT2D eigenvalue weighted by atomic mass is 19.3. The van der Waals surface area contributed by atoms with Crippen molar-refractivity contribution in [2.45, 2.75) is 19.5 Å². The van der Waals surface area contributed by atoms with Gasteiger partial charge in [-0.2, -0.15) is 0 Å². The van der Waals surface area contributed by atoms with Crippen molar-refractivity contribution in [2.75, 3.05) is 0 Å². The number of aromatic nitrogens is 1. The second kappa shape index (κ2) is 5.54. The Morgan fingerprint density at radius 1 is 1.12 bits per heavy atom. The summed E-state index contributed by atoms with van der Waals surface area (Å²) in [5.74, 6) is 0. The van der Waals surface area contributed by atoms with Gasteiger partial charge >= 0.3 is 0 Å². The van der Waals surface area contributed by atoms with E-state index in [0.717, 1.165) is 11.3 Å². The van der Waals surface area contributed by atoms with E-state index < -0.39 is 6.43 Å². The summed E-state index contributed by atoms with van der Waals surface area (Å²) in [6.07, 6.45) is -0.902. The van der Waals surface area contributed by atoms with Crippen LogP contribution in [0, 0.1) is 0 Å². The summed E-state index contributed by atoms with van der Waals surface area (Å²) in [5, 5.41) is 6.89. The fraction of sp³-hybridized carbons (Fsp3) is 0.250. The van der Waals surface area contributed by atoms with E-state index >= 15 is 0 Å². The van der Waals surface area contributed by atoms with E-state index in [0.29, 0.717) is 13.1 Å². The number of nitrogens with one attached hydrogen (secondary N) is 1. The molecule has 17 heavy (non-hydrogen) atoms. The van der Waals surface area contributed by atoms with Gasteiger partial charge in [0.25, 0.3) is 6.43 Å². The lowest BCUT2D eigenvalue weighted by Crippen LogP contribution is -2.12. The zero-order valence-corrected chi connectivity index (χ0v) is 9.07. The van der Waals surface area contributed by atoms with Crippen molar-refractivity contribution < 1.29 is 13.3 Å². The fourth-order valence-corrected chi connectivity index (χ4v) is 1.44. The molecule has 3 nitrogen and oxygen atoms in total. The highest BCUT2D eigenvalue weighted by Crippen LogP contribution is 2.18. The zero-order chi connectivity index (χ0) is 12.1. The van der Waals surface area contributed by atoms with Crippen LogP contribution in [0.15, 0.2) is 41.1 Å². The van der Waals surface area contributed by atoms with Crippen LogP contribution in [0.1, 0.15) is 23.2 Å². The molecule has 0 spiro atoms. The van der Waals surface area contributed by atoms with Gasteiger partial charge in [0.1, 0.15) is 6.26 Å². The van der Waals surface area contributed by atoms with Crippen LogP contribution in [0.3, 0.4) is 0 Å². The number of halogens is 2. The van der Waals surface area contributed by atoms with Crippen LogP contribution in [0.4, 0.5) is 8.78 Å². The maximum Gasteiger partial charge on any atom is 0.263 e. The fourth-order valence-electron chi connectivity index (χ4n) is 1.44. The Hall–Kier alpha value is -1.75.